The van der Waals surface area contributed by atoms with Crippen LogP contribution in [0.15, 0.2) is 24.3 Å². The Morgan fingerprint density at radius 2 is 1.06 bits per heavy atom. The molecule has 0 N–H and O–H groups in total. The molecule has 2 unspecified atom stereocenters. The highest BCUT2D eigenvalue weighted by atomic mass is 17.2. The lowest BCUT2D eigenvalue weighted by atomic mass is 9.85. The first-order valence-electron chi connectivity index (χ1n) is 12.9. The van der Waals surface area contributed by atoms with Gasteiger partial charge < -0.3 is 0 Å². The van der Waals surface area contributed by atoms with Gasteiger partial charge in [-0.15, -0.1) is 0 Å². The van der Waals surface area contributed by atoms with E-state index < -0.39 is 11.2 Å². The first-order valence-corrected chi connectivity index (χ1v) is 12.9. The summed E-state index contributed by atoms with van der Waals surface area (Å²) in [6.45, 7) is 15.5. The van der Waals surface area contributed by atoms with Crippen LogP contribution in [0.3, 0.4) is 0 Å². The fourth-order valence-electron chi connectivity index (χ4n) is 3.93. The number of hydrogen-bond acceptors (Lipinski definition) is 6. The van der Waals surface area contributed by atoms with E-state index in [0.29, 0.717) is 12.8 Å². The van der Waals surface area contributed by atoms with E-state index >= 15 is 0 Å². The van der Waals surface area contributed by atoms with Crippen molar-refractivity contribution in [2.45, 2.75) is 118 Å². The molecule has 194 valence electrons. The van der Waals surface area contributed by atoms with Crippen molar-refractivity contribution >= 4 is 11.9 Å². The highest BCUT2D eigenvalue weighted by molar-refractivity contribution is 5.72. The van der Waals surface area contributed by atoms with Crippen LogP contribution in [0, 0.1) is 11.8 Å². The van der Waals surface area contributed by atoms with Gasteiger partial charge in [0.25, 0.3) is 0 Å². The topological polar surface area (TPSA) is 71.1 Å². The second kappa shape index (κ2) is 14.5. The summed E-state index contributed by atoms with van der Waals surface area (Å²) >= 11 is 0. The minimum Gasteiger partial charge on any atom is -0.297 e. The fourth-order valence-corrected chi connectivity index (χ4v) is 3.93. The van der Waals surface area contributed by atoms with Crippen molar-refractivity contribution in [1.82, 2.24) is 0 Å². The van der Waals surface area contributed by atoms with Crippen LogP contribution in [0.2, 0.25) is 0 Å². The molecule has 1 aromatic rings. The zero-order valence-corrected chi connectivity index (χ0v) is 22.6. The van der Waals surface area contributed by atoms with Crippen molar-refractivity contribution in [3.05, 3.63) is 35.4 Å². The SMILES string of the molecule is CCCCC(CC)C(=O)OOC(C)(C)c1ccccc1C(C)(C)OOC(=O)C(CC)CCCC. The minimum absolute atomic E-state index is 0.176. The van der Waals surface area contributed by atoms with E-state index in [1.54, 1.807) is 0 Å². The Morgan fingerprint density at radius 1 is 0.706 bits per heavy atom. The molecule has 0 radical (unpaired) electrons. The standard InChI is InChI=1S/C28H46O6/c1-9-13-17-21(11-3)25(29)31-33-27(5,6)23-19-15-16-20-24(23)28(7,8)34-32-26(30)22(12-4)18-14-10-2/h15-16,19-22H,9-14,17-18H2,1-8H3. The summed E-state index contributed by atoms with van der Waals surface area (Å²) in [6, 6.07) is 7.59. The largest absolute Gasteiger partial charge is 0.345 e. The van der Waals surface area contributed by atoms with E-state index in [2.05, 4.69) is 13.8 Å². The lowest BCUT2D eigenvalue weighted by Gasteiger charge is -2.32. The summed E-state index contributed by atoms with van der Waals surface area (Å²) in [5, 5.41) is 0. The Morgan fingerprint density at radius 3 is 1.35 bits per heavy atom. The average molecular weight is 479 g/mol. The summed E-state index contributed by atoms with van der Waals surface area (Å²) < 4.78 is 0. The van der Waals surface area contributed by atoms with Crippen LogP contribution in [-0.2, 0) is 40.3 Å². The van der Waals surface area contributed by atoms with E-state index in [1.807, 2.05) is 65.8 Å². The zero-order valence-electron chi connectivity index (χ0n) is 22.6. The van der Waals surface area contributed by atoms with Gasteiger partial charge in [0.1, 0.15) is 11.2 Å². The molecule has 0 aliphatic carbocycles. The van der Waals surface area contributed by atoms with Crippen LogP contribution in [0.4, 0.5) is 0 Å². The second-order valence-electron chi connectivity index (χ2n) is 10.0. The molecule has 0 aliphatic rings. The van der Waals surface area contributed by atoms with Crippen molar-refractivity contribution in [1.29, 1.82) is 0 Å². The highest BCUT2D eigenvalue weighted by Crippen LogP contribution is 2.36. The first kappa shape index (κ1) is 30.1. The predicted octanol–water partition coefficient (Wildman–Crippen LogP) is 7.54. The molecule has 0 amide bonds. The van der Waals surface area contributed by atoms with Gasteiger partial charge in [-0.25, -0.2) is 9.59 Å². The van der Waals surface area contributed by atoms with Crippen molar-refractivity contribution in [2.24, 2.45) is 11.8 Å². The molecule has 34 heavy (non-hydrogen) atoms. The van der Waals surface area contributed by atoms with Crippen LogP contribution in [0.25, 0.3) is 0 Å². The molecule has 1 rings (SSSR count). The molecular weight excluding hydrogens is 432 g/mol. The summed E-state index contributed by atoms with van der Waals surface area (Å²) in [6.07, 6.45) is 7.00. The van der Waals surface area contributed by atoms with E-state index in [9.17, 15) is 9.59 Å². The van der Waals surface area contributed by atoms with Crippen LogP contribution >= 0.6 is 0 Å². The number of carbonyl (C=O) groups is 2. The Bertz CT molecular complexity index is 692. The van der Waals surface area contributed by atoms with Gasteiger partial charge in [-0.1, -0.05) is 77.6 Å². The van der Waals surface area contributed by atoms with Gasteiger partial charge in [0.05, 0.1) is 11.8 Å². The normalized spacial score (nSPS) is 13.9. The maximum absolute atomic E-state index is 12.6. The number of carbonyl (C=O) groups excluding carboxylic acids is 2. The highest BCUT2D eigenvalue weighted by Gasteiger charge is 2.36. The van der Waals surface area contributed by atoms with Gasteiger partial charge in [0, 0.05) is 0 Å². The third-order valence-electron chi connectivity index (χ3n) is 6.35. The summed E-state index contributed by atoms with van der Waals surface area (Å²) in [5.41, 5.74) is -0.313. The molecule has 0 bridgehead atoms. The molecule has 1 aromatic carbocycles. The van der Waals surface area contributed by atoms with Gasteiger partial charge in [-0.2, -0.15) is 9.78 Å². The molecule has 0 saturated heterocycles. The van der Waals surface area contributed by atoms with Crippen molar-refractivity contribution in [2.75, 3.05) is 0 Å². The quantitative estimate of drug-likeness (QED) is 0.180. The lowest BCUT2D eigenvalue weighted by molar-refractivity contribution is -0.339. The van der Waals surface area contributed by atoms with Crippen molar-refractivity contribution in [3.8, 4) is 0 Å². The van der Waals surface area contributed by atoms with E-state index in [-0.39, 0.29) is 23.8 Å². The molecule has 0 aliphatic heterocycles. The van der Waals surface area contributed by atoms with E-state index in [4.69, 9.17) is 19.6 Å². The predicted molar refractivity (Wildman–Crippen MR) is 133 cm³/mol. The molecule has 0 heterocycles. The Kier molecular flexibility index (Phi) is 12.8. The van der Waals surface area contributed by atoms with Gasteiger partial charge >= 0.3 is 11.9 Å². The lowest BCUT2D eigenvalue weighted by Crippen LogP contribution is -2.32. The monoisotopic (exact) mass is 478 g/mol. The minimum atomic E-state index is -0.937. The summed E-state index contributed by atoms with van der Waals surface area (Å²) in [5.74, 6) is -1.04. The van der Waals surface area contributed by atoms with Crippen LogP contribution in [0.1, 0.15) is 118 Å². The molecule has 2 atom stereocenters. The average Bonchev–Trinajstić information content (AvgIpc) is 2.82. The third-order valence-corrected chi connectivity index (χ3v) is 6.35. The molecular formula is C28H46O6. The van der Waals surface area contributed by atoms with Gasteiger partial charge in [-0.3, -0.25) is 9.78 Å². The van der Waals surface area contributed by atoms with Crippen LogP contribution < -0.4 is 0 Å². The molecule has 0 aromatic heterocycles. The number of hydrogen-bond donors (Lipinski definition) is 0. The molecule has 6 heteroatoms. The smallest absolute Gasteiger partial charge is 0.297 e. The molecule has 0 spiro atoms. The fraction of sp³-hybridized carbons (Fsp3) is 0.714. The number of rotatable bonds is 16. The molecule has 6 nitrogen and oxygen atoms in total. The summed E-state index contributed by atoms with van der Waals surface area (Å²) in [4.78, 5) is 47.1. The third kappa shape index (κ3) is 9.03. The van der Waals surface area contributed by atoms with Gasteiger partial charge in [0.15, 0.2) is 0 Å². The van der Waals surface area contributed by atoms with Crippen molar-refractivity contribution in [3.63, 3.8) is 0 Å². The van der Waals surface area contributed by atoms with E-state index in [0.717, 1.165) is 49.7 Å². The Labute approximate surface area is 206 Å². The first-order chi connectivity index (χ1) is 16.0. The number of benzene rings is 1. The zero-order chi connectivity index (χ0) is 25.8. The van der Waals surface area contributed by atoms with Crippen LogP contribution in [0.5, 0.6) is 0 Å². The molecule has 0 fully saturated rings. The summed E-state index contributed by atoms with van der Waals surface area (Å²) in [7, 11) is 0. The van der Waals surface area contributed by atoms with Crippen LogP contribution in [-0.4, -0.2) is 11.9 Å². The van der Waals surface area contributed by atoms with E-state index in [1.165, 1.54) is 0 Å². The second-order valence-corrected chi connectivity index (χ2v) is 10.0. The number of unbranched alkanes of at least 4 members (excludes halogenated alkanes) is 2. The molecule has 0 saturated carbocycles. The Balaban J connectivity index is 2.95. The van der Waals surface area contributed by atoms with Gasteiger partial charge in [-0.05, 0) is 64.5 Å². The van der Waals surface area contributed by atoms with Crippen molar-refractivity contribution < 1.29 is 29.1 Å². The maximum atomic E-state index is 12.6. The van der Waals surface area contributed by atoms with Gasteiger partial charge in [0.2, 0.25) is 0 Å². The Hall–Kier alpha value is -1.92. The maximum Gasteiger partial charge on any atom is 0.345 e.